The molecule has 1 fully saturated rings. The Balaban J connectivity index is 2.06. The first-order valence-electron chi connectivity index (χ1n) is 6.45. The largest absolute Gasteiger partial charge is 0.344 e. The van der Waals surface area contributed by atoms with Crippen molar-refractivity contribution in [2.75, 3.05) is 0 Å². The van der Waals surface area contributed by atoms with E-state index in [4.69, 9.17) is 12.2 Å². The smallest absolute Gasteiger partial charge is 0.256 e. The summed E-state index contributed by atoms with van der Waals surface area (Å²) in [5.74, 6) is -0.132. The number of hydrogen-bond donors (Lipinski definition) is 2. The van der Waals surface area contributed by atoms with Crippen LogP contribution < -0.4 is 10.6 Å². The van der Waals surface area contributed by atoms with Crippen LogP contribution in [0.4, 0.5) is 0 Å². The Bertz CT molecular complexity index is 704. The van der Waals surface area contributed by atoms with Gasteiger partial charge in [-0.2, -0.15) is 0 Å². The van der Waals surface area contributed by atoms with Gasteiger partial charge in [-0.3, -0.25) is 4.79 Å². The molecule has 1 aliphatic rings. The van der Waals surface area contributed by atoms with E-state index in [0.29, 0.717) is 11.5 Å². The van der Waals surface area contributed by atoms with Crippen LogP contribution >= 0.6 is 28.1 Å². The van der Waals surface area contributed by atoms with Crippen molar-refractivity contribution in [2.45, 2.75) is 12.0 Å². The minimum Gasteiger partial charge on any atom is -0.344 e. The molecule has 1 amide bonds. The Kier molecular flexibility index (Phi) is 3.78. The molecule has 1 unspecified atom stereocenters. The molecule has 1 atom stereocenters. The fourth-order valence-electron chi connectivity index (χ4n) is 2.53. The van der Waals surface area contributed by atoms with Crippen molar-refractivity contribution < 1.29 is 4.79 Å². The molecule has 2 aromatic carbocycles. The standard InChI is InChI=1S/C16H12BrN2OS/c17-13-8-4-5-11(9-13)10-16(12-6-2-1-3-7-12)14(20)18-15(21)19-16/h1-2,4-9H,10H2,(H2,18,19,20,21). The molecular formula is C16H12BrN2OS. The second-order valence-electron chi connectivity index (χ2n) is 4.91. The van der Waals surface area contributed by atoms with Crippen LogP contribution in [0.15, 0.2) is 53.0 Å². The van der Waals surface area contributed by atoms with Crippen molar-refractivity contribution in [1.29, 1.82) is 0 Å². The first-order valence-corrected chi connectivity index (χ1v) is 7.65. The van der Waals surface area contributed by atoms with E-state index in [1.165, 1.54) is 0 Å². The summed E-state index contributed by atoms with van der Waals surface area (Å²) in [6.07, 6.45) is 0.510. The van der Waals surface area contributed by atoms with Gasteiger partial charge in [-0.05, 0) is 47.6 Å². The summed E-state index contributed by atoms with van der Waals surface area (Å²) in [6.45, 7) is 0. The zero-order valence-corrected chi connectivity index (χ0v) is 13.4. The lowest BCUT2D eigenvalue weighted by Crippen LogP contribution is -2.45. The summed E-state index contributed by atoms with van der Waals surface area (Å²) < 4.78 is 0.982. The van der Waals surface area contributed by atoms with Crippen molar-refractivity contribution in [3.8, 4) is 0 Å². The number of carbonyl (C=O) groups is 1. The van der Waals surface area contributed by atoms with Crippen LogP contribution in [0, 0.1) is 6.07 Å². The second-order valence-corrected chi connectivity index (χ2v) is 6.24. The van der Waals surface area contributed by atoms with Gasteiger partial charge in [-0.25, -0.2) is 0 Å². The molecule has 2 aromatic rings. The zero-order valence-electron chi connectivity index (χ0n) is 11.0. The number of thiocarbonyl (C=S) groups is 1. The SMILES string of the molecule is O=C1NC(=S)NC1(Cc1cccc(Br)c1)c1c[c]ccc1. The molecule has 105 valence electrons. The predicted molar refractivity (Wildman–Crippen MR) is 88.7 cm³/mol. The molecule has 21 heavy (non-hydrogen) atoms. The van der Waals surface area contributed by atoms with E-state index in [9.17, 15) is 4.79 Å². The lowest BCUT2D eigenvalue weighted by atomic mass is 9.84. The van der Waals surface area contributed by atoms with E-state index in [1.54, 1.807) is 0 Å². The molecule has 0 aliphatic carbocycles. The van der Waals surface area contributed by atoms with E-state index in [2.05, 4.69) is 32.6 Å². The molecule has 1 aliphatic heterocycles. The van der Waals surface area contributed by atoms with E-state index in [0.717, 1.165) is 15.6 Å². The van der Waals surface area contributed by atoms with Crippen LogP contribution in [-0.2, 0) is 16.8 Å². The zero-order chi connectivity index (χ0) is 14.9. The minimum atomic E-state index is -0.879. The Morgan fingerprint density at radius 3 is 2.76 bits per heavy atom. The maximum absolute atomic E-state index is 12.5. The van der Waals surface area contributed by atoms with Gasteiger partial charge >= 0.3 is 0 Å². The van der Waals surface area contributed by atoms with Gasteiger partial charge < -0.3 is 10.6 Å². The summed E-state index contributed by atoms with van der Waals surface area (Å²) in [5.41, 5.74) is 1.01. The van der Waals surface area contributed by atoms with Gasteiger partial charge in [0.15, 0.2) is 5.11 Å². The van der Waals surface area contributed by atoms with Crippen molar-refractivity contribution in [1.82, 2.24) is 10.6 Å². The topological polar surface area (TPSA) is 41.1 Å². The maximum Gasteiger partial charge on any atom is 0.256 e. The van der Waals surface area contributed by atoms with Gasteiger partial charge in [-0.1, -0.05) is 46.3 Å². The Morgan fingerprint density at radius 1 is 1.29 bits per heavy atom. The summed E-state index contributed by atoms with van der Waals surface area (Å²) >= 11 is 8.58. The summed E-state index contributed by atoms with van der Waals surface area (Å²) in [7, 11) is 0. The lowest BCUT2D eigenvalue weighted by Gasteiger charge is -2.27. The van der Waals surface area contributed by atoms with Crippen LogP contribution in [0.1, 0.15) is 11.1 Å². The first-order chi connectivity index (χ1) is 10.1. The van der Waals surface area contributed by atoms with Gasteiger partial charge in [0.1, 0.15) is 5.54 Å². The molecule has 0 spiro atoms. The van der Waals surface area contributed by atoms with E-state index >= 15 is 0 Å². The van der Waals surface area contributed by atoms with Crippen molar-refractivity contribution in [3.05, 3.63) is 70.2 Å². The van der Waals surface area contributed by atoms with Gasteiger partial charge in [0, 0.05) is 10.9 Å². The number of nitrogens with one attached hydrogen (secondary N) is 2. The molecule has 3 rings (SSSR count). The fourth-order valence-corrected chi connectivity index (χ4v) is 3.25. The third kappa shape index (κ3) is 2.71. The molecule has 0 aromatic heterocycles. The number of hydrogen-bond acceptors (Lipinski definition) is 2. The van der Waals surface area contributed by atoms with E-state index < -0.39 is 5.54 Å². The average molecular weight is 360 g/mol. The van der Waals surface area contributed by atoms with Crippen molar-refractivity contribution in [3.63, 3.8) is 0 Å². The van der Waals surface area contributed by atoms with Crippen molar-refractivity contribution >= 4 is 39.2 Å². The third-order valence-corrected chi connectivity index (χ3v) is 4.20. The fraction of sp³-hybridized carbons (Fsp3) is 0.125. The maximum atomic E-state index is 12.5. The lowest BCUT2D eigenvalue weighted by molar-refractivity contribution is -0.124. The molecule has 2 N–H and O–H groups in total. The quantitative estimate of drug-likeness (QED) is 0.827. The molecule has 0 bridgehead atoms. The van der Waals surface area contributed by atoms with E-state index in [-0.39, 0.29) is 5.91 Å². The first kappa shape index (κ1) is 14.2. The molecule has 5 heteroatoms. The third-order valence-electron chi connectivity index (χ3n) is 3.50. The number of halogens is 1. The Hall–Kier alpha value is -1.72. The highest BCUT2D eigenvalue weighted by atomic mass is 79.9. The normalized spacial score (nSPS) is 21.0. The number of carbonyl (C=O) groups excluding carboxylic acids is 1. The van der Waals surface area contributed by atoms with Crippen LogP contribution in [-0.4, -0.2) is 11.0 Å². The number of benzene rings is 2. The van der Waals surface area contributed by atoms with Crippen molar-refractivity contribution in [2.24, 2.45) is 0 Å². The highest BCUT2D eigenvalue weighted by molar-refractivity contribution is 9.10. The van der Waals surface area contributed by atoms with Crippen LogP contribution in [0.3, 0.4) is 0 Å². The van der Waals surface area contributed by atoms with Crippen LogP contribution in [0.5, 0.6) is 0 Å². The minimum absolute atomic E-state index is 0.132. The highest BCUT2D eigenvalue weighted by Crippen LogP contribution is 2.29. The number of amides is 1. The Labute approximate surface area is 136 Å². The summed E-state index contributed by atoms with van der Waals surface area (Å²) in [6, 6.07) is 18.3. The van der Waals surface area contributed by atoms with Gasteiger partial charge in [-0.15, -0.1) is 0 Å². The second kappa shape index (κ2) is 5.58. The van der Waals surface area contributed by atoms with E-state index in [1.807, 2.05) is 48.5 Å². The van der Waals surface area contributed by atoms with Gasteiger partial charge in [0.05, 0.1) is 0 Å². The summed E-state index contributed by atoms with van der Waals surface area (Å²) in [4.78, 5) is 12.5. The molecule has 0 saturated carbocycles. The van der Waals surface area contributed by atoms with Gasteiger partial charge in [0.2, 0.25) is 0 Å². The molecule has 1 heterocycles. The van der Waals surface area contributed by atoms with Crippen LogP contribution in [0.25, 0.3) is 0 Å². The predicted octanol–water partition coefficient (Wildman–Crippen LogP) is 2.69. The molecule has 1 saturated heterocycles. The number of rotatable bonds is 3. The van der Waals surface area contributed by atoms with Crippen LogP contribution in [0.2, 0.25) is 0 Å². The monoisotopic (exact) mass is 359 g/mol. The average Bonchev–Trinajstić information content (AvgIpc) is 2.75. The summed E-state index contributed by atoms with van der Waals surface area (Å²) in [5, 5.41) is 6.19. The Morgan fingerprint density at radius 2 is 2.14 bits per heavy atom. The highest BCUT2D eigenvalue weighted by Gasteiger charge is 2.46. The van der Waals surface area contributed by atoms with Gasteiger partial charge in [0.25, 0.3) is 5.91 Å². The molecule has 3 nitrogen and oxygen atoms in total. The molecule has 1 radical (unpaired) electrons. The molecular weight excluding hydrogens is 348 g/mol.